The molecule has 3 heterocycles. The molecule has 0 bridgehead atoms. The van der Waals surface area contributed by atoms with E-state index in [1.807, 2.05) is 59.5 Å². The van der Waals surface area contributed by atoms with Crippen LogP contribution in [0.5, 0.6) is 0 Å². The second-order valence-electron chi connectivity index (χ2n) is 6.77. The summed E-state index contributed by atoms with van der Waals surface area (Å²) in [4.78, 5) is 16.5. The molecule has 0 saturated heterocycles. The van der Waals surface area contributed by atoms with Gasteiger partial charge in [0.05, 0.1) is 17.9 Å². The first-order valence-electron chi connectivity index (χ1n) is 9.23. The number of anilines is 1. The third kappa shape index (κ3) is 2.90. The van der Waals surface area contributed by atoms with Gasteiger partial charge in [0.25, 0.3) is 0 Å². The van der Waals surface area contributed by atoms with Crippen LogP contribution >= 0.6 is 11.3 Å². The van der Waals surface area contributed by atoms with Crippen LogP contribution in [-0.2, 0) is 6.54 Å². The Kier molecular flexibility index (Phi) is 4.22. The predicted octanol–water partition coefficient (Wildman–Crippen LogP) is 5.68. The zero-order chi connectivity index (χ0) is 18.9. The number of para-hydroxylation sites is 2. The van der Waals surface area contributed by atoms with Gasteiger partial charge in [-0.1, -0.05) is 42.5 Å². The minimum atomic E-state index is -0.147. The summed E-state index contributed by atoms with van der Waals surface area (Å²) < 4.78 is 2.20. The maximum absolute atomic E-state index is 13.4. The van der Waals surface area contributed by atoms with Crippen molar-refractivity contribution < 1.29 is 4.79 Å². The van der Waals surface area contributed by atoms with Gasteiger partial charge in [0, 0.05) is 16.8 Å². The highest BCUT2D eigenvalue weighted by atomic mass is 32.1. The Morgan fingerprint density at radius 3 is 2.57 bits per heavy atom. The first kappa shape index (κ1) is 16.8. The van der Waals surface area contributed by atoms with Crippen molar-refractivity contribution in [2.75, 3.05) is 5.32 Å². The van der Waals surface area contributed by atoms with Crippen molar-refractivity contribution in [2.45, 2.75) is 12.6 Å². The van der Waals surface area contributed by atoms with Gasteiger partial charge < -0.3 is 14.8 Å². The van der Waals surface area contributed by atoms with E-state index in [1.54, 1.807) is 11.3 Å². The van der Waals surface area contributed by atoms with Crippen LogP contribution < -0.4 is 5.32 Å². The highest BCUT2D eigenvalue weighted by molar-refractivity contribution is 7.10. The van der Waals surface area contributed by atoms with Crippen molar-refractivity contribution in [3.8, 4) is 5.69 Å². The summed E-state index contributed by atoms with van der Waals surface area (Å²) in [5, 5.41) is 5.13. The lowest BCUT2D eigenvalue weighted by atomic mass is 10.1. The molecule has 0 aliphatic carbocycles. The monoisotopic (exact) mass is 385 g/mol. The van der Waals surface area contributed by atoms with Crippen LogP contribution in [0.4, 0.5) is 10.5 Å². The summed E-state index contributed by atoms with van der Waals surface area (Å²) in [6.45, 7) is 0.541. The number of nitrogens with one attached hydrogen (secondary N) is 1. The highest BCUT2D eigenvalue weighted by Gasteiger charge is 2.33. The molecule has 28 heavy (non-hydrogen) atoms. The average molecular weight is 385 g/mol. The zero-order valence-corrected chi connectivity index (χ0v) is 16.0. The van der Waals surface area contributed by atoms with E-state index < -0.39 is 0 Å². The number of hydrogen-bond donors (Lipinski definition) is 1. The second-order valence-corrected chi connectivity index (χ2v) is 7.75. The number of benzene rings is 2. The molecule has 5 rings (SSSR count). The standard InChI is InChI=1S/C23H19N3OS/c27-23(24-18-9-2-1-3-10-18)26-16-17-8-4-5-11-19(17)25-14-6-12-20(25)22(26)21-13-7-15-28-21/h1-15,22H,16H2,(H,24,27)/t22-/m1/s1. The van der Waals surface area contributed by atoms with E-state index in [2.05, 4.69) is 45.7 Å². The normalized spacial score (nSPS) is 15.4. The predicted molar refractivity (Wildman–Crippen MR) is 113 cm³/mol. The molecule has 1 aliphatic heterocycles. The van der Waals surface area contributed by atoms with Gasteiger partial charge in [0.1, 0.15) is 6.04 Å². The van der Waals surface area contributed by atoms with Crippen LogP contribution in [-0.4, -0.2) is 15.5 Å². The van der Waals surface area contributed by atoms with Crippen molar-refractivity contribution in [1.29, 1.82) is 0 Å². The number of fused-ring (bicyclic) bond motifs is 3. The van der Waals surface area contributed by atoms with Gasteiger partial charge in [-0.2, -0.15) is 0 Å². The van der Waals surface area contributed by atoms with Gasteiger partial charge in [0.2, 0.25) is 0 Å². The Balaban J connectivity index is 1.63. The maximum Gasteiger partial charge on any atom is 0.323 e. The summed E-state index contributed by atoms with van der Waals surface area (Å²) in [7, 11) is 0. The molecule has 1 atom stereocenters. The number of carbonyl (C=O) groups excluding carboxylic acids is 1. The fraction of sp³-hybridized carbons (Fsp3) is 0.0870. The van der Waals surface area contributed by atoms with E-state index in [0.717, 1.165) is 27.5 Å². The molecule has 0 saturated carbocycles. The number of urea groups is 1. The molecular formula is C23H19N3OS. The molecule has 1 aliphatic rings. The third-order valence-electron chi connectivity index (χ3n) is 5.06. The van der Waals surface area contributed by atoms with Crippen molar-refractivity contribution in [1.82, 2.24) is 9.47 Å². The van der Waals surface area contributed by atoms with Crippen molar-refractivity contribution >= 4 is 23.1 Å². The number of hydrogen-bond acceptors (Lipinski definition) is 2. The SMILES string of the molecule is O=C(Nc1ccccc1)N1Cc2ccccc2-n2cccc2[C@@H]1c1cccs1. The van der Waals surface area contributed by atoms with Gasteiger partial charge >= 0.3 is 6.03 Å². The second kappa shape index (κ2) is 7.02. The van der Waals surface area contributed by atoms with E-state index in [9.17, 15) is 4.79 Å². The summed E-state index contributed by atoms with van der Waals surface area (Å²) in [5.41, 5.74) is 4.14. The molecule has 1 N–H and O–H groups in total. The average Bonchev–Trinajstić information content (AvgIpc) is 3.40. The van der Waals surface area contributed by atoms with E-state index in [0.29, 0.717) is 6.54 Å². The smallest absolute Gasteiger partial charge is 0.318 e. The fourth-order valence-corrected chi connectivity index (χ4v) is 4.65. The lowest BCUT2D eigenvalue weighted by molar-refractivity contribution is 0.195. The minimum Gasteiger partial charge on any atom is -0.318 e. The molecule has 2 aromatic heterocycles. The number of aromatic nitrogens is 1. The summed E-state index contributed by atoms with van der Waals surface area (Å²) in [5.74, 6) is 0. The van der Waals surface area contributed by atoms with Gasteiger partial charge in [-0.15, -0.1) is 11.3 Å². The summed E-state index contributed by atoms with van der Waals surface area (Å²) in [6, 6.07) is 25.9. The van der Waals surface area contributed by atoms with E-state index in [1.165, 1.54) is 0 Å². The van der Waals surface area contributed by atoms with Crippen LogP contribution in [0, 0.1) is 0 Å². The van der Waals surface area contributed by atoms with Crippen LogP contribution in [0.15, 0.2) is 90.4 Å². The third-order valence-corrected chi connectivity index (χ3v) is 5.99. The molecule has 138 valence electrons. The van der Waals surface area contributed by atoms with Gasteiger partial charge in [-0.3, -0.25) is 0 Å². The number of thiophene rings is 1. The van der Waals surface area contributed by atoms with E-state index in [-0.39, 0.29) is 12.1 Å². The Labute approximate surface area is 167 Å². The van der Waals surface area contributed by atoms with Crippen LogP contribution in [0.2, 0.25) is 0 Å². The van der Waals surface area contributed by atoms with Crippen molar-refractivity contribution in [2.24, 2.45) is 0 Å². The number of carbonyl (C=O) groups is 1. The largest absolute Gasteiger partial charge is 0.323 e. The molecule has 0 fully saturated rings. The first-order chi connectivity index (χ1) is 13.8. The Hall–Kier alpha value is -3.31. The van der Waals surface area contributed by atoms with Gasteiger partial charge in [0.15, 0.2) is 0 Å². The lowest BCUT2D eigenvalue weighted by Gasteiger charge is -2.30. The van der Waals surface area contributed by atoms with Crippen LogP contribution in [0.3, 0.4) is 0 Å². The number of nitrogens with zero attached hydrogens (tertiary/aromatic N) is 2. The Bertz CT molecular complexity index is 1100. The quantitative estimate of drug-likeness (QED) is 0.474. The first-order valence-corrected chi connectivity index (χ1v) is 10.1. The van der Waals surface area contributed by atoms with Gasteiger partial charge in [-0.05, 0) is 47.3 Å². The van der Waals surface area contributed by atoms with Crippen molar-refractivity contribution in [3.05, 3.63) is 107 Å². The van der Waals surface area contributed by atoms with Crippen LogP contribution in [0.25, 0.3) is 5.69 Å². The van der Waals surface area contributed by atoms with Gasteiger partial charge in [-0.25, -0.2) is 4.79 Å². The molecular weight excluding hydrogens is 366 g/mol. The molecule has 2 amide bonds. The molecule has 2 aromatic carbocycles. The molecule has 4 aromatic rings. The zero-order valence-electron chi connectivity index (χ0n) is 15.2. The lowest BCUT2D eigenvalue weighted by Crippen LogP contribution is -2.37. The van der Waals surface area contributed by atoms with Crippen LogP contribution in [0.1, 0.15) is 22.2 Å². The summed E-state index contributed by atoms with van der Waals surface area (Å²) in [6.07, 6.45) is 2.08. The van der Waals surface area contributed by atoms with Crippen molar-refractivity contribution in [3.63, 3.8) is 0 Å². The molecule has 4 nitrogen and oxygen atoms in total. The Morgan fingerprint density at radius 2 is 1.75 bits per heavy atom. The number of amides is 2. The fourth-order valence-electron chi connectivity index (χ4n) is 3.80. The maximum atomic E-state index is 13.4. The Morgan fingerprint density at radius 1 is 0.929 bits per heavy atom. The summed E-state index contributed by atoms with van der Waals surface area (Å²) >= 11 is 1.68. The van der Waals surface area contributed by atoms with E-state index in [4.69, 9.17) is 0 Å². The minimum absolute atomic E-state index is 0.103. The van der Waals surface area contributed by atoms with E-state index >= 15 is 0 Å². The topological polar surface area (TPSA) is 37.3 Å². The molecule has 5 heteroatoms. The molecule has 0 radical (unpaired) electrons. The number of rotatable bonds is 2. The highest BCUT2D eigenvalue weighted by Crippen LogP contribution is 2.38. The molecule has 0 spiro atoms. The molecule has 0 unspecified atom stereocenters.